The fraction of sp³-hybridized carbons (Fsp3) is 0.133. The van der Waals surface area contributed by atoms with Crippen LogP contribution in [-0.2, 0) is 6.42 Å². The van der Waals surface area contributed by atoms with Crippen molar-refractivity contribution in [2.75, 3.05) is 11.9 Å². The van der Waals surface area contributed by atoms with Crippen LogP contribution < -0.4 is 5.32 Å². The highest BCUT2D eigenvalue weighted by Gasteiger charge is 2.06. The highest BCUT2D eigenvalue weighted by Crippen LogP contribution is 2.05. The quantitative estimate of drug-likeness (QED) is 0.709. The molecule has 3 rings (SSSR count). The van der Waals surface area contributed by atoms with E-state index in [9.17, 15) is 4.79 Å². The minimum atomic E-state index is -1.08. The van der Waals surface area contributed by atoms with Gasteiger partial charge in [-0.2, -0.15) is 15.0 Å². The number of carboxylic acid groups (broad SMARTS) is 1. The number of nitrogens with zero attached hydrogens (tertiary/aromatic N) is 5. The molecule has 0 spiro atoms. The van der Waals surface area contributed by atoms with Crippen molar-refractivity contribution < 1.29 is 9.90 Å². The van der Waals surface area contributed by atoms with E-state index in [0.717, 1.165) is 11.4 Å². The van der Waals surface area contributed by atoms with E-state index in [-0.39, 0.29) is 11.6 Å². The summed E-state index contributed by atoms with van der Waals surface area (Å²) in [5.41, 5.74) is 1.66. The SMILES string of the molecule is O=C(O)c1ccnc(NCCc2cnn(-c3ccccc3)n2)n1. The summed E-state index contributed by atoms with van der Waals surface area (Å²) in [6.45, 7) is 0.524. The number of benzene rings is 1. The Labute approximate surface area is 131 Å². The van der Waals surface area contributed by atoms with Crippen molar-refractivity contribution in [3.8, 4) is 5.69 Å². The summed E-state index contributed by atoms with van der Waals surface area (Å²) in [5.74, 6) is -0.804. The summed E-state index contributed by atoms with van der Waals surface area (Å²) in [5, 5.41) is 20.5. The van der Waals surface area contributed by atoms with Crippen molar-refractivity contribution in [2.45, 2.75) is 6.42 Å². The molecule has 2 N–H and O–H groups in total. The van der Waals surface area contributed by atoms with Crippen LogP contribution in [0.15, 0.2) is 48.8 Å². The maximum atomic E-state index is 10.8. The number of carboxylic acids is 1. The number of aromatic nitrogens is 5. The van der Waals surface area contributed by atoms with Gasteiger partial charge in [0.05, 0.1) is 17.6 Å². The minimum Gasteiger partial charge on any atom is -0.477 e. The topological polar surface area (TPSA) is 106 Å². The molecule has 1 aromatic carbocycles. The first-order valence-electron chi connectivity index (χ1n) is 6.99. The van der Waals surface area contributed by atoms with Gasteiger partial charge < -0.3 is 10.4 Å². The van der Waals surface area contributed by atoms with Crippen molar-refractivity contribution in [1.82, 2.24) is 25.0 Å². The molecule has 0 aliphatic heterocycles. The van der Waals surface area contributed by atoms with Crippen LogP contribution >= 0.6 is 0 Å². The molecular formula is C15H14N6O2. The number of nitrogens with one attached hydrogen (secondary N) is 1. The van der Waals surface area contributed by atoms with Crippen LogP contribution in [0.3, 0.4) is 0 Å². The predicted octanol–water partition coefficient (Wildman–Crippen LogP) is 1.41. The Morgan fingerprint density at radius 3 is 2.83 bits per heavy atom. The van der Waals surface area contributed by atoms with Gasteiger partial charge in [0, 0.05) is 19.2 Å². The third-order valence-electron chi connectivity index (χ3n) is 3.07. The second kappa shape index (κ2) is 6.65. The van der Waals surface area contributed by atoms with Crippen molar-refractivity contribution in [3.63, 3.8) is 0 Å². The van der Waals surface area contributed by atoms with Crippen LogP contribution in [0.4, 0.5) is 5.95 Å². The van der Waals surface area contributed by atoms with Gasteiger partial charge in [-0.05, 0) is 18.2 Å². The number of rotatable bonds is 6. The van der Waals surface area contributed by atoms with Crippen LogP contribution in [0.25, 0.3) is 5.69 Å². The van der Waals surface area contributed by atoms with Crippen LogP contribution in [0, 0.1) is 0 Å². The smallest absolute Gasteiger partial charge is 0.354 e. The summed E-state index contributed by atoms with van der Waals surface area (Å²) in [7, 11) is 0. The molecule has 0 aliphatic carbocycles. The molecule has 8 heteroatoms. The number of hydrogen-bond acceptors (Lipinski definition) is 6. The average Bonchev–Trinajstić information content (AvgIpc) is 3.05. The van der Waals surface area contributed by atoms with Crippen LogP contribution in [-0.4, -0.2) is 42.6 Å². The standard InChI is InChI=1S/C15H14N6O2/c22-14(23)13-7-9-17-15(19-13)16-8-6-11-10-18-21(20-11)12-4-2-1-3-5-12/h1-5,7,9-10H,6,8H2,(H,22,23)(H,16,17,19). The Morgan fingerprint density at radius 1 is 1.22 bits per heavy atom. The summed E-state index contributed by atoms with van der Waals surface area (Å²) < 4.78 is 0. The molecule has 2 heterocycles. The molecule has 23 heavy (non-hydrogen) atoms. The Hall–Kier alpha value is -3.29. The van der Waals surface area contributed by atoms with E-state index >= 15 is 0 Å². The van der Waals surface area contributed by atoms with E-state index in [1.807, 2.05) is 30.3 Å². The largest absolute Gasteiger partial charge is 0.477 e. The number of para-hydroxylation sites is 1. The molecule has 0 fully saturated rings. The van der Waals surface area contributed by atoms with Crippen molar-refractivity contribution in [1.29, 1.82) is 0 Å². The second-order valence-corrected chi connectivity index (χ2v) is 4.71. The number of aromatic carboxylic acids is 1. The van der Waals surface area contributed by atoms with Gasteiger partial charge in [0.1, 0.15) is 0 Å². The molecule has 0 radical (unpaired) electrons. The summed E-state index contributed by atoms with van der Waals surface area (Å²) in [4.78, 5) is 20.3. The summed E-state index contributed by atoms with van der Waals surface area (Å²) >= 11 is 0. The molecule has 0 saturated heterocycles. The van der Waals surface area contributed by atoms with Gasteiger partial charge in [-0.1, -0.05) is 18.2 Å². The normalized spacial score (nSPS) is 10.4. The van der Waals surface area contributed by atoms with Gasteiger partial charge in [0.25, 0.3) is 0 Å². The van der Waals surface area contributed by atoms with Crippen molar-refractivity contribution in [2.24, 2.45) is 0 Å². The maximum Gasteiger partial charge on any atom is 0.354 e. The zero-order valence-electron chi connectivity index (χ0n) is 12.1. The molecular weight excluding hydrogens is 296 g/mol. The van der Waals surface area contributed by atoms with Crippen molar-refractivity contribution in [3.05, 3.63) is 60.2 Å². The third kappa shape index (κ3) is 3.67. The lowest BCUT2D eigenvalue weighted by molar-refractivity contribution is 0.0690. The second-order valence-electron chi connectivity index (χ2n) is 4.71. The number of anilines is 1. The number of hydrogen-bond donors (Lipinski definition) is 2. The third-order valence-corrected chi connectivity index (χ3v) is 3.07. The minimum absolute atomic E-state index is 0.0440. The highest BCUT2D eigenvalue weighted by molar-refractivity contribution is 5.85. The van der Waals surface area contributed by atoms with Gasteiger partial charge in [-0.15, -0.1) is 0 Å². The lowest BCUT2D eigenvalue weighted by Crippen LogP contribution is -2.11. The molecule has 0 bridgehead atoms. The highest BCUT2D eigenvalue weighted by atomic mass is 16.4. The first-order valence-corrected chi connectivity index (χ1v) is 6.99. The van der Waals surface area contributed by atoms with Crippen LogP contribution in [0.1, 0.15) is 16.2 Å². The van der Waals surface area contributed by atoms with E-state index in [1.165, 1.54) is 12.3 Å². The zero-order valence-corrected chi connectivity index (χ0v) is 12.1. The van der Waals surface area contributed by atoms with E-state index in [2.05, 4.69) is 25.5 Å². The predicted molar refractivity (Wildman–Crippen MR) is 82.5 cm³/mol. The lowest BCUT2D eigenvalue weighted by atomic mass is 10.3. The fourth-order valence-electron chi connectivity index (χ4n) is 1.96. The molecule has 2 aromatic heterocycles. The van der Waals surface area contributed by atoms with Crippen LogP contribution in [0.2, 0.25) is 0 Å². The van der Waals surface area contributed by atoms with Gasteiger partial charge in [-0.3, -0.25) is 0 Å². The maximum absolute atomic E-state index is 10.8. The first kappa shape index (κ1) is 14.6. The summed E-state index contributed by atoms with van der Waals surface area (Å²) in [6, 6.07) is 11.0. The Kier molecular flexibility index (Phi) is 4.23. The Morgan fingerprint density at radius 2 is 2.04 bits per heavy atom. The molecule has 0 unspecified atom stereocenters. The van der Waals surface area contributed by atoms with Crippen molar-refractivity contribution >= 4 is 11.9 Å². The zero-order chi connectivity index (χ0) is 16.1. The van der Waals surface area contributed by atoms with Gasteiger partial charge in [-0.25, -0.2) is 14.8 Å². The van der Waals surface area contributed by atoms with E-state index in [4.69, 9.17) is 5.11 Å². The van der Waals surface area contributed by atoms with Gasteiger partial charge >= 0.3 is 5.97 Å². The fourth-order valence-corrected chi connectivity index (χ4v) is 1.96. The molecule has 0 aliphatic rings. The van der Waals surface area contributed by atoms with E-state index in [0.29, 0.717) is 13.0 Å². The monoisotopic (exact) mass is 310 g/mol. The molecule has 0 saturated carbocycles. The van der Waals surface area contributed by atoms with Gasteiger partial charge in [0.2, 0.25) is 5.95 Å². The van der Waals surface area contributed by atoms with Crippen LogP contribution in [0.5, 0.6) is 0 Å². The van der Waals surface area contributed by atoms with E-state index < -0.39 is 5.97 Å². The molecule has 116 valence electrons. The average molecular weight is 310 g/mol. The Bertz CT molecular complexity index is 802. The van der Waals surface area contributed by atoms with Gasteiger partial charge in [0.15, 0.2) is 5.69 Å². The molecule has 0 atom stereocenters. The first-order chi connectivity index (χ1) is 11.2. The van der Waals surface area contributed by atoms with E-state index in [1.54, 1.807) is 11.0 Å². The molecule has 8 nitrogen and oxygen atoms in total. The number of carbonyl (C=O) groups is 1. The lowest BCUT2D eigenvalue weighted by Gasteiger charge is -2.03. The molecule has 3 aromatic rings. The summed E-state index contributed by atoms with van der Waals surface area (Å²) in [6.07, 6.45) is 3.72. The Balaban J connectivity index is 1.58. The molecule has 0 amide bonds.